The Morgan fingerprint density at radius 1 is 1.33 bits per heavy atom. The monoisotopic (exact) mass is 217 g/mol. The summed E-state index contributed by atoms with van der Waals surface area (Å²) in [5, 5.41) is 3.38. The second-order valence-corrected chi connectivity index (χ2v) is 4.69. The largest absolute Gasteiger partial charge is 0.246 e. The molecule has 2 rings (SSSR count). The van der Waals surface area contributed by atoms with E-state index in [1.807, 2.05) is 0 Å². The minimum Gasteiger partial charge on any atom is -0.246 e. The average molecular weight is 217 g/mol. The van der Waals surface area contributed by atoms with Gasteiger partial charge in [0.25, 0.3) is 0 Å². The van der Waals surface area contributed by atoms with Crippen molar-refractivity contribution >= 4 is 11.3 Å². The van der Waals surface area contributed by atoms with Gasteiger partial charge in [-0.3, -0.25) is 0 Å². The highest BCUT2D eigenvalue weighted by Crippen LogP contribution is 2.15. The van der Waals surface area contributed by atoms with Gasteiger partial charge in [0.05, 0.1) is 10.7 Å². The third-order valence-corrected chi connectivity index (χ3v) is 3.30. The number of benzene rings is 1. The minimum atomic E-state index is 0.965. The van der Waals surface area contributed by atoms with Crippen LogP contribution in [0.2, 0.25) is 0 Å². The van der Waals surface area contributed by atoms with Crippen LogP contribution in [0.15, 0.2) is 29.6 Å². The molecule has 2 heteroatoms. The Morgan fingerprint density at radius 2 is 2.20 bits per heavy atom. The third-order valence-electron chi connectivity index (χ3n) is 2.40. The van der Waals surface area contributed by atoms with Crippen LogP contribution in [0.4, 0.5) is 0 Å². The minimum absolute atomic E-state index is 0.965. The van der Waals surface area contributed by atoms with E-state index in [4.69, 9.17) is 0 Å². The number of rotatable bonds is 3. The first kappa shape index (κ1) is 10.4. The van der Waals surface area contributed by atoms with Crippen LogP contribution >= 0.6 is 11.3 Å². The van der Waals surface area contributed by atoms with Crippen molar-refractivity contribution in [3.05, 3.63) is 51.5 Å². The fourth-order valence-electron chi connectivity index (χ4n) is 1.59. The predicted octanol–water partition coefficient (Wildman–Crippen LogP) is 3.60. The normalized spacial score (nSPS) is 10.5. The Morgan fingerprint density at radius 3 is 2.87 bits per heavy atom. The van der Waals surface area contributed by atoms with Crippen molar-refractivity contribution in [3.8, 4) is 0 Å². The van der Waals surface area contributed by atoms with Crippen molar-refractivity contribution in [2.45, 2.75) is 26.7 Å². The second-order valence-electron chi connectivity index (χ2n) is 3.75. The van der Waals surface area contributed by atoms with Crippen molar-refractivity contribution < 1.29 is 0 Å². The molecule has 1 heterocycles. The van der Waals surface area contributed by atoms with Crippen molar-refractivity contribution in [2.75, 3.05) is 0 Å². The van der Waals surface area contributed by atoms with Crippen LogP contribution in [-0.2, 0) is 12.8 Å². The molecule has 0 aliphatic rings. The summed E-state index contributed by atoms with van der Waals surface area (Å²) in [6.07, 6.45) is 2.00. The molecule has 0 N–H and O–H groups in total. The third kappa shape index (κ3) is 2.66. The molecule has 0 amide bonds. The Hall–Kier alpha value is -1.15. The summed E-state index contributed by atoms with van der Waals surface area (Å²) in [6, 6.07) is 8.63. The molecular weight excluding hydrogens is 202 g/mol. The van der Waals surface area contributed by atoms with E-state index in [1.165, 1.54) is 21.8 Å². The number of aromatic nitrogens is 1. The Kier molecular flexibility index (Phi) is 3.17. The molecule has 0 saturated heterocycles. The first-order valence-corrected chi connectivity index (χ1v) is 6.14. The molecular formula is C13H15NS. The maximum absolute atomic E-state index is 4.57. The maximum Gasteiger partial charge on any atom is 0.0972 e. The van der Waals surface area contributed by atoms with Crippen LogP contribution in [0, 0.1) is 6.92 Å². The number of nitrogens with zero attached hydrogens (tertiary/aromatic N) is 1. The van der Waals surface area contributed by atoms with E-state index < -0.39 is 0 Å². The zero-order valence-corrected chi connectivity index (χ0v) is 9.97. The summed E-state index contributed by atoms with van der Waals surface area (Å²) in [5.41, 5.74) is 3.88. The van der Waals surface area contributed by atoms with Crippen LogP contribution in [0.5, 0.6) is 0 Å². The Balaban J connectivity index is 2.14. The average Bonchev–Trinajstić information content (AvgIpc) is 2.65. The standard InChI is InChI=1S/C13H15NS/c1-3-12-9-15-13(14-12)8-11-6-4-5-10(2)7-11/h4-7,9H,3,8H2,1-2H3. The van der Waals surface area contributed by atoms with Crippen molar-refractivity contribution in [3.63, 3.8) is 0 Å². The molecule has 15 heavy (non-hydrogen) atoms. The summed E-state index contributed by atoms with van der Waals surface area (Å²) < 4.78 is 0. The van der Waals surface area contributed by atoms with Gasteiger partial charge < -0.3 is 0 Å². The van der Waals surface area contributed by atoms with Crippen LogP contribution < -0.4 is 0 Å². The topological polar surface area (TPSA) is 12.9 Å². The molecule has 1 aromatic carbocycles. The van der Waals surface area contributed by atoms with Crippen LogP contribution in [-0.4, -0.2) is 4.98 Å². The van der Waals surface area contributed by atoms with Gasteiger partial charge in [-0.05, 0) is 18.9 Å². The molecule has 0 radical (unpaired) electrons. The molecule has 0 spiro atoms. The van der Waals surface area contributed by atoms with E-state index in [9.17, 15) is 0 Å². The summed E-state index contributed by atoms with van der Waals surface area (Å²) in [7, 11) is 0. The number of aryl methyl sites for hydroxylation is 2. The lowest BCUT2D eigenvalue weighted by Crippen LogP contribution is -1.88. The van der Waals surface area contributed by atoms with Crippen LogP contribution in [0.3, 0.4) is 0 Å². The zero-order valence-electron chi connectivity index (χ0n) is 9.16. The van der Waals surface area contributed by atoms with E-state index >= 15 is 0 Å². The van der Waals surface area contributed by atoms with Crippen molar-refractivity contribution in [1.82, 2.24) is 4.98 Å². The van der Waals surface area contributed by atoms with Gasteiger partial charge in [-0.1, -0.05) is 36.8 Å². The first-order valence-electron chi connectivity index (χ1n) is 5.26. The Bertz CT molecular complexity index is 445. The van der Waals surface area contributed by atoms with Gasteiger partial charge in [0, 0.05) is 11.8 Å². The summed E-state index contributed by atoms with van der Waals surface area (Å²) >= 11 is 1.76. The lowest BCUT2D eigenvalue weighted by Gasteiger charge is -1.99. The van der Waals surface area contributed by atoms with E-state index in [-0.39, 0.29) is 0 Å². The lowest BCUT2D eigenvalue weighted by atomic mass is 10.1. The summed E-state index contributed by atoms with van der Waals surface area (Å²) in [6.45, 7) is 4.27. The predicted molar refractivity (Wildman–Crippen MR) is 65.5 cm³/mol. The molecule has 1 aromatic heterocycles. The summed E-state index contributed by atoms with van der Waals surface area (Å²) in [5.74, 6) is 0. The second kappa shape index (κ2) is 4.58. The zero-order chi connectivity index (χ0) is 10.7. The highest BCUT2D eigenvalue weighted by molar-refractivity contribution is 7.09. The molecule has 0 aliphatic carbocycles. The quantitative estimate of drug-likeness (QED) is 0.765. The van der Waals surface area contributed by atoms with Crippen molar-refractivity contribution in [2.24, 2.45) is 0 Å². The van der Waals surface area contributed by atoms with Gasteiger partial charge >= 0.3 is 0 Å². The van der Waals surface area contributed by atoms with E-state index in [0.29, 0.717) is 0 Å². The number of thiazole rings is 1. The fraction of sp³-hybridized carbons (Fsp3) is 0.308. The fourth-order valence-corrected chi connectivity index (χ4v) is 2.50. The molecule has 1 nitrogen and oxygen atoms in total. The van der Waals surface area contributed by atoms with Gasteiger partial charge in [-0.15, -0.1) is 11.3 Å². The molecule has 78 valence electrons. The van der Waals surface area contributed by atoms with Gasteiger partial charge in [0.15, 0.2) is 0 Å². The van der Waals surface area contributed by atoms with Crippen LogP contribution in [0.1, 0.15) is 28.8 Å². The number of hydrogen-bond acceptors (Lipinski definition) is 2. The number of hydrogen-bond donors (Lipinski definition) is 0. The molecule has 0 aliphatic heterocycles. The van der Waals surface area contributed by atoms with E-state index in [2.05, 4.69) is 48.5 Å². The van der Waals surface area contributed by atoms with Gasteiger partial charge in [0.1, 0.15) is 0 Å². The molecule has 2 aromatic rings. The van der Waals surface area contributed by atoms with Gasteiger partial charge in [-0.2, -0.15) is 0 Å². The van der Waals surface area contributed by atoms with E-state index in [0.717, 1.165) is 12.8 Å². The maximum atomic E-state index is 4.57. The highest BCUT2D eigenvalue weighted by Gasteiger charge is 2.01. The highest BCUT2D eigenvalue weighted by atomic mass is 32.1. The summed E-state index contributed by atoms with van der Waals surface area (Å²) in [4.78, 5) is 4.57. The molecule has 0 unspecified atom stereocenters. The lowest BCUT2D eigenvalue weighted by molar-refractivity contribution is 1.02. The van der Waals surface area contributed by atoms with Crippen LogP contribution in [0.25, 0.3) is 0 Å². The van der Waals surface area contributed by atoms with Crippen molar-refractivity contribution in [1.29, 1.82) is 0 Å². The van der Waals surface area contributed by atoms with E-state index in [1.54, 1.807) is 11.3 Å². The molecule has 0 bridgehead atoms. The molecule has 0 saturated carbocycles. The van der Waals surface area contributed by atoms with Gasteiger partial charge in [0.2, 0.25) is 0 Å². The van der Waals surface area contributed by atoms with Gasteiger partial charge in [-0.25, -0.2) is 4.98 Å². The Labute approximate surface area is 94.8 Å². The molecule has 0 atom stereocenters. The first-order chi connectivity index (χ1) is 7.28. The SMILES string of the molecule is CCc1csc(Cc2cccc(C)c2)n1. The molecule has 0 fully saturated rings. The smallest absolute Gasteiger partial charge is 0.0972 e.